The van der Waals surface area contributed by atoms with E-state index in [2.05, 4.69) is 24.4 Å². The first-order chi connectivity index (χ1) is 13.5. The number of carbonyl (C=O) groups excluding carboxylic acids is 2. The summed E-state index contributed by atoms with van der Waals surface area (Å²) in [6, 6.07) is 13.7. The van der Waals surface area contributed by atoms with Crippen molar-refractivity contribution in [2.45, 2.75) is 52.1 Å². The number of rotatable bonds is 9. The van der Waals surface area contributed by atoms with Crippen LogP contribution in [-0.2, 0) is 29.0 Å². The van der Waals surface area contributed by atoms with E-state index in [9.17, 15) is 14.0 Å². The molecule has 1 atom stereocenters. The summed E-state index contributed by atoms with van der Waals surface area (Å²) in [4.78, 5) is 26.9. The third kappa shape index (κ3) is 5.91. The molecule has 0 bridgehead atoms. The van der Waals surface area contributed by atoms with Gasteiger partial charge in [-0.2, -0.15) is 0 Å². The van der Waals surface area contributed by atoms with Gasteiger partial charge in [-0.1, -0.05) is 50.2 Å². The first kappa shape index (κ1) is 21.6. The van der Waals surface area contributed by atoms with Crippen LogP contribution in [0, 0.1) is 5.82 Å². The van der Waals surface area contributed by atoms with Crippen LogP contribution in [0.15, 0.2) is 48.5 Å². The number of hydrogen-bond donors (Lipinski definition) is 1. The molecule has 150 valence electrons. The second-order valence-electron chi connectivity index (χ2n) is 6.86. The van der Waals surface area contributed by atoms with Gasteiger partial charge in [0.2, 0.25) is 11.8 Å². The molecule has 0 aromatic heterocycles. The lowest BCUT2D eigenvalue weighted by Gasteiger charge is -2.30. The minimum Gasteiger partial charge on any atom is -0.357 e. The number of aryl methyl sites for hydroxylation is 2. The number of nitrogens with one attached hydrogen (secondary N) is 1. The number of benzene rings is 2. The van der Waals surface area contributed by atoms with E-state index in [1.54, 1.807) is 24.1 Å². The van der Waals surface area contributed by atoms with E-state index in [0.29, 0.717) is 19.3 Å². The maximum Gasteiger partial charge on any atom is 0.242 e. The average molecular weight is 384 g/mol. The fourth-order valence-electron chi connectivity index (χ4n) is 3.21. The zero-order valence-corrected chi connectivity index (χ0v) is 16.9. The fourth-order valence-corrected chi connectivity index (χ4v) is 3.21. The molecule has 0 aliphatic rings. The lowest BCUT2D eigenvalue weighted by atomic mass is 10.0. The molecule has 0 saturated heterocycles. The van der Waals surface area contributed by atoms with E-state index in [1.807, 2.05) is 19.1 Å². The summed E-state index contributed by atoms with van der Waals surface area (Å²) in [6.45, 7) is 4.27. The molecular formula is C23H29FN2O2. The van der Waals surface area contributed by atoms with Crippen molar-refractivity contribution >= 4 is 11.8 Å². The monoisotopic (exact) mass is 384 g/mol. The van der Waals surface area contributed by atoms with Crippen LogP contribution in [0.3, 0.4) is 0 Å². The van der Waals surface area contributed by atoms with Crippen LogP contribution in [0.5, 0.6) is 0 Å². The topological polar surface area (TPSA) is 49.4 Å². The molecular weight excluding hydrogens is 355 g/mol. The van der Waals surface area contributed by atoms with Gasteiger partial charge in [-0.25, -0.2) is 4.39 Å². The highest BCUT2D eigenvalue weighted by atomic mass is 19.1. The van der Waals surface area contributed by atoms with E-state index in [-0.39, 0.29) is 24.2 Å². The van der Waals surface area contributed by atoms with Crippen molar-refractivity contribution < 1.29 is 14.0 Å². The maximum atomic E-state index is 13.2. The summed E-state index contributed by atoms with van der Waals surface area (Å²) in [7, 11) is 1.57. The molecule has 28 heavy (non-hydrogen) atoms. The lowest BCUT2D eigenvalue weighted by molar-refractivity contribution is -0.141. The van der Waals surface area contributed by atoms with Gasteiger partial charge in [0, 0.05) is 20.0 Å². The van der Waals surface area contributed by atoms with Gasteiger partial charge in [0.05, 0.1) is 0 Å². The molecule has 4 nitrogen and oxygen atoms in total. The highest BCUT2D eigenvalue weighted by Gasteiger charge is 2.27. The second-order valence-corrected chi connectivity index (χ2v) is 6.86. The maximum absolute atomic E-state index is 13.2. The molecule has 0 aliphatic heterocycles. The van der Waals surface area contributed by atoms with Gasteiger partial charge in [-0.15, -0.1) is 0 Å². The molecule has 0 fully saturated rings. The summed E-state index contributed by atoms with van der Waals surface area (Å²) >= 11 is 0. The molecule has 0 radical (unpaired) electrons. The number of halogens is 1. The molecule has 0 saturated carbocycles. The molecule has 2 aromatic carbocycles. The normalized spacial score (nSPS) is 11.7. The zero-order valence-electron chi connectivity index (χ0n) is 16.9. The number of nitrogens with zero attached hydrogens (tertiary/aromatic N) is 1. The van der Waals surface area contributed by atoms with Gasteiger partial charge >= 0.3 is 0 Å². The smallest absolute Gasteiger partial charge is 0.242 e. The van der Waals surface area contributed by atoms with Crippen LogP contribution in [0.2, 0.25) is 0 Å². The van der Waals surface area contributed by atoms with E-state index in [1.165, 1.54) is 17.7 Å². The summed E-state index contributed by atoms with van der Waals surface area (Å²) < 4.78 is 13.2. The Morgan fingerprint density at radius 1 is 0.964 bits per heavy atom. The van der Waals surface area contributed by atoms with Crippen molar-refractivity contribution in [1.29, 1.82) is 0 Å². The van der Waals surface area contributed by atoms with Crippen LogP contribution in [0.4, 0.5) is 4.39 Å². The zero-order chi connectivity index (χ0) is 20.5. The van der Waals surface area contributed by atoms with Crippen molar-refractivity contribution in [2.24, 2.45) is 0 Å². The molecule has 2 rings (SSSR count). The van der Waals surface area contributed by atoms with E-state index in [0.717, 1.165) is 17.5 Å². The lowest BCUT2D eigenvalue weighted by Crippen LogP contribution is -2.48. The molecule has 0 spiro atoms. The highest BCUT2D eigenvalue weighted by Crippen LogP contribution is 2.16. The first-order valence-corrected chi connectivity index (χ1v) is 9.81. The Hall–Kier alpha value is -2.69. The van der Waals surface area contributed by atoms with Gasteiger partial charge in [0.25, 0.3) is 0 Å². The summed E-state index contributed by atoms with van der Waals surface area (Å²) in [5, 5.41) is 2.64. The van der Waals surface area contributed by atoms with Gasteiger partial charge < -0.3 is 10.2 Å². The van der Waals surface area contributed by atoms with E-state index >= 15 is 0 Å². The number of amides is 2. The van der Waals surface area contributed by atoms with Crippen LogP contribution in [-0.4, -0.2) is 29.8 Å². The molecule has 2 amide bonds. The minimum atomic E-state index is -0.551. The van der Waals surface area contributed by atoms with Gasteiger partial charge in [-0.05, 0) is 48.1 Å². The number of likely N-dealkylation sites (N-methyl/N-ethyl adjacent to an activating group) is 1. The van der Waals surface area contributed by atoms with E-state index < -0.39 is 6.04 Å². The molecule has 2 aromatic rings. The molecule has 0 aliphatic carbocycles. The largest absolute Gasteiger partial charge is 0.357 e. The van der Waals surface area contributed by atoms with Crippen molar-refractivity contribution in [1.82, 2.24) is 10.2 Å². The predicted molar refractivity (Wildman–Crippen MR) is 109 cm³/mol. The van der Waals surface area contributed by atoms with Gasteiger partial charge in [0.1, 0.15) is 11.9 Å². The Morgan fingerprint density at radius 2 is 1.54 bits per heavy atom. The fraction of sp³-hybridized carbons (Fsp3) is 0.391. The Kier molecular flexibility index (Phi) is 8.18. The standard InChI is InChI=1S/C23H29FN2O2/c1-4-17-6-8-18(9-7-17)12-15-22(27)26(21(5-2)23(28)25-3)16-19-10-13-20(24)14-11-19/h6-11,13-14,21H,4-5,12,15-16H2,1-3H3,(H,25,28)/t21-/m1/s1. The predicted octanol–water partition coefficient (Wildman–Crippen LogP) is 3.87. The Balaban J connectivity index is 2.14. The third-order valence-electron chi connectivity index (χ3n) is 4.96. The summed E-state index contributed by atoms with van der Waals surface area (Å²) in [5.41, 5.74) is 3.16. The summed E-state index contributed by atoms with van der Waals surface area (Å²) in [5.74, 6) is -0.597. The van der Waals surface area contributed by atoms with Crippen LogP contribution < -0.4 is 5.32 Å². The molecule has 0 unspecified atom stereocenters. The molecule has 5 heteroatoms. The Bertz CT molecular complexity index is 772. The number of carbonyl (C=O) groups is 2. The molecule has 0 heterocycles. The van der Waals surface area contributed by atoms with Gasteiger partial charge in [0.15, 0.2) is 0 Å². The minimum absolute atomic E-state index is 0.0839. The Labute approximate surface area is 166 Å². The number of hydrogen-bond acceptors (Lipinski definition) is 2. The van der Waals surface area contributed by atoms with Crippen LogP contribution >= 0.6 is 0 Å². The van der Waals surface area contributed by atoms with E-state index in [4.69, 9.17) is 0 Å². The van der Waals surface area contributed by atoms with Gasteiger partial charge in [-0.3, -0.25) is 9.59 Å². The highest BCUT2D eigenvalue weighted by molar-refractivity contribution is 5.87. The third-order valence-corrected chi connectivity index (χ3v) is 4.96. The quantitative estimate of drug-likeness (QED) is 0.713. The summed E-state index contributed by atoms with van der Waals surface area (Å²) in [6.07, 6.45) is 2.43. The second kappa shape index (κ2) is 10.6. The van der Waals surface area contributed by atoms with Crippen LogP contribution in [0.1, 0.15) is 43.4 Å². The Morgan fingerprint density at radius 3 is 2.07 bits per heavy atom. The van der Waals surface area contributed by atoms with Crippen molar-refractivity contribution in [3.63, 3.8) is 0 Å². The van der Waals surface area contributed by atoms with Crippen molar-refractivity contribution in [3.05, 3.63) is 71.0 Å². The average Bonchev–Trinajstić information content (AvgIpc) is 2.73. The van der Waals surface area contributed by atoms with Crippen molar-refractivity contribution in [2.75, 3.05) is 7.05 Å². The molecule has 1 N–H and O–H groups in total. The van der Waals surface area contributed by atoms with Crippen LogP contribution in [0.25, 0.3) is 0 Å². The SMILES string of the molecule is CCc1ccc(CCC(=O)N(Cc2ccc(F)cc2)[C@H](CC)C(=O)NC)cc1. The first-order valence-electron chi connectivity index (χ1n) is 9.81. The van der Waals surface area contributed by atoms with Crippen molar-refractivity contribution in [3.8, 4) is 0 Å².